The van der Waals surface area contributed by atoms with Crippen LogP contribution in [0.2, 0.25) is 0 Å². The maximum atomic E-state index is 13.9. The zero-order valence-corrected chi connectivity index (χ0v) is 31.6. The van der Waals surface area contributed by atoms with E-state index in [1.165, 1.54) is 38.5 Å². The summed E-state index contributed by atoms with van der Waals surface area (Å²) in [5.41, 5.74) is 13.9. The Morgan fingerprint density at radius 3 is 2.62 bits per heavy atom. The van der Waals surface area contributed by atoms with Gasteiger partial charge in [-0.05, 0) is 114 Å². The summed E-state index contributed by atoms with van der Waals surface area (Å²) in [5.74, 6) is 6.70. The number of aromatic nitrogens is 1. The summed E-state index contributed by atoms with van der Waals surface area (Å²) in [6.45, 7) is 2.49. The monoisotopic (exact) mass is 737 g/mol. The highest BCUT2D eigenvalue weighted by Crippen LogP contribution is 2.44. The van der Waals surface area contributed by atoms with Gasteiger partial charge in [0.15, 0.2) is 23.1 Å². The van der Waals surface area contributed by atoms with Gasteiger partial charge in [0.25, 0.3) is 0 Å². The van der Waals surface area contributed by atoms with Crippen LogP contribution in [-0.2, 0) is 24.1 Å². The van der Waals surface area contributed by atoms with E-state index in [2.05, 4.69) is 35.1 Å². The highest BCUT2D eigenvalue weighted by Gasteiger charge is 2.31. The number of hydrogen-bond acceptors (Lipinski definition) is 7. The molecule has 3 aromatic carbocycles. The third kappa shape index (κ3) is 8.74. The molecule has 0 spiro atoms. The number of hydrogen-bond donors (Lipinski definition) is 5. The van der Waals surface area contributed by atoms with Crippen molar-refractivity contribution in [2.75, 3.05) is 6.61 Å². The number of aromatic amines is 1. The Bertz CT molecular complexity index is 2180. The summed E-state index contributed by atoms with van der Waals surface area (Å²) in [6.07, 6.45) is 19.5. The first-order chi connectivity index (χ1) is 26.7. The van der Waals surface area contributed by atoms with Crippen molar-refractivity contribution in [1.82, 2.24) is 10.3 Å². The number of phenols is 2. The first-order valence-electron chi connectivity index (χ1n) is 19.7. The van der Waals surface area contributed by atoms with Gasteiger partial charge in [-0.15, -0.1) is 0 Å². The first-order valence-corrected chi connectivity index (χ1v) is 19.7. The van der Waals surface area contributed by atoms with Crippen molar-refractivity contribution in [3.63, 3.8) is 0 Å². The smallest absolute Gasteiger partial charge is 0.165 e. The average Bonchev–Trinajstić information content (AvgIpc) is 3.87. The largest absolute Gasteiger partial charge is 0.508 e. The van der Waals surface area contributed by atoms with Gasteiger partial charge in [-0.3, -0.25) is 9.59 Å². The van der Waals surface area contributed by atoms with E-state index < -0.39 is 5.92 Å². The number of aryl methyl sites for hydroxylation is 1. The fourth-order valence-electron chi connectivity index (χ4n) is 8.39. The molecule has 0 radical (unpaired) electrons. The Labute approximate surface area is 323 Å². The van der Waals surface area contributed by atoms with E-state index >= 15 is 0 Å². The Balaban J connectivity index is 1.07. The number of rotatable bonds is 13. The van der Waals surface area contributed by atoms with Crippen LogP contribution >= 0.6 is 0 Å². The Morgan fingerprint density at radius 1 is 1.00 bits per heavy atom. The predicted octanol–water partition coefficient (Wildman–Crippen LogP) is 8.70. The van der Waals surface area contributed by atoms with Gasteiger partial charge in [0.2, 0.25) is 0 Å². The number of benzene rings is 3. The van der Waals surface area contributed by atoms with Crippen molar-refractivity contribution in [1.29, 1.82) is 0 Å². The fourth-order valence-corrected chi connectivity index (χ4v) is 8.39. The van der Waals surface area contributed by atoms with Crippen LogP contribution in [0.25, 0.3) is 6.08 Å². The number of carbonyl (C=O) groups excluding carboxylic acids is 2. The summed E-state index contributed by atoms with van der Waals surface area (Å²) in [4.78, 5) is 29.9. The van der Waals surface area contributed by atoms with Gasteiger partial charge in [0, 0.05) is 53.8 Å². The second-order valence-electron chi connectivity index (χ2n) is 15.3. The Hall–Kier alpha value is -5.52. The molecule has 1 aromatic heterocycles. The predicted molar refractivity (Wildman–Crippen MR) is 216 cm³/mol. The molecule has 0 saturated heterocycles. The van der Waals surface area contributed by atoms with Gasteiger partial charge >= 0.3 is 0 Å². The number of fused-ring (bicyclic) bond motifs is 3. The van der Waals surface area contributed by atoms with Crippen molar-refractivity contribution >= 4 is 17.6 Å². The molecule has 8 heteroatoms. The molecule has 2 aliphatic carbocycles. The standard InChI is InChI=1S/C47H51N3O5/c1-2-3-19-47(20-4-5-21-47)22-15-35(51)12-9-31-11-14-43(53)45(27-31)55-25-18-32-10-13-42(52)40(26-32)39-30-44(54)36-17-24-49-41(36)8-6-7-33-29-38-34(28-37(33)39)16-23-50-46(38)48/h10-11,13-17,22-24,26-29,39,46,49-50,52-53H,2-5,8-9,12,18-21,25,30,48H2,1H3/b22-15+/t39-,46-/m1/s1. The number of allylic oxidation sites excluding steroid dienone is 2. The number of nitrogens with two attached hydrogens (primary N) is 1. The third-order valence-corrected chi connectivity index (χ3v) is 11.6. The van der Waals surface area contributed by atoms with Crippen molar-refractivity contribution in [3.05, 3.63) is 129 Å². The van der Waals surface area contributed by atoms with Gasteiger partial charge < -0.3 is 31.0 Å². The molecule has 0 amide bonds. The lowest BCUT2D eigenvalue weighted by Crippen LogP contribution is -2.27. The number of carbonyl (C=O) groups is 2. The normalized spacial score (nSPS) is 18.5. The molecule has 4 aromatic rings. The van der Waals surface area contributed by atoms with Crippen molar-refractivity contribution in [3.8, 4) is 29.1 Å². The van der Waals surface area contributed by atoms with Crippen LogP contribution in [-0.4, -0.2) is 33.4 Å². The van der Waals surface area contributed by atoms with Gasteiger partial charge in [-0.25, -0.2) is 0 Å². The third-order valence-electron chi connectivity index (χ3n) is 11.6. The van der Waals surface area contributed by atoms with Gasteiger partial charge in [0.05, 0.1) is 13.0 Å². The van der Waals surface area contributed by atoms with Crippen LogP contribution in [0.5, 0.6) is 17.2 Å². The van der Waals surface area contributed by atoms with Crippen LogP contribution in [0.3, 0.4) is 0 Å². The molecule has 6 N–H and O–H groups in total. The zero-order valence-electron chi connectivity index (χ0n) is 31.6. The molecule has 0 bridgehead atoms. The number of unbranched alkanes of at least 4 members (excludes halogenated alkanes) is 1. The molecule has 2 heterocycles. The number of aromatic hydroxyl groups is 2. The van der Waals surface area contributed by atoms with Crippen LogP contribution in [0.4, 0.5) is 0 Å². The summed E-state index contributed by atoms with van der Waals surface area (Å²) >= 11 is 0. The van der Waals surface area contributed by atoms with E-state index in [4.69, 9.17) is 10.5 Å². The summed E-state index contributed by atoms with van der Waals surface area (Å²) in [5, 5.41) is 25.1. The maximum absolute atomic E-state index is 13.9. The Kier molecular flexibility index (Phi) is 11.6. The minimum Gasteiger partial charge on any atom is -0.508 e. The quantitative estimate of drug-likeness (QED) is 0.0684. The van der Waals surface area contributed by atoms with Crippen molar-refractivity contribution in [2.24, 2.45) is 11.1 Å². The minimum absolute atomic E-state index is 0.0338. The molecular formula is C47H51N3O5. The average molecular weight is 738 g/mol. The van der Waals surface area contributed by atoms with E-state index in [1.807, 2.05) is 48.7 Å². The lowest BCUT2D eigenvalue weighted by atomic mass is 9.80. The number of phenolic OH excluding ortho intramolecular Hbond substituents is 2. The highest BCUT2D eigenvalue weighted by atomic mass is 16.5. The zero-order chi connectivity index (χ0) is 38.4. The lowest BCUT2D eigenvalue weighted by molar-refractivity contribution is -0.114. The summed E-state index contributed by atoms with van der Waals surface area (Å²) < 4.78 is 6.10. The SMILES string of the molecule is CCCCC1(/C=C/C(=O)CCc2ccc(O)c(OCCc3ccc(O)c([C@@H]4CC(=O)c5cc[nH]c5CC#Cc5cc6c(cc54)C=CN[C@H]6N)c3)c2)CCCC1. The molecule has 2 atom stereocenters. The molecule has 8 nitrogen and oxygen atoms in total. The van der Waals surface area contributed by atoms with E-state index in [0.717, 1.165) is 45.5 Å². The van der Waals surface area contributed by atoms with Gasteiger partial charge in [-0.1, -0.05) is 68.7 Å². The minimum atomic E-state index is -0.485. The first kappa shape index (κ1) is 37.8. The Morgan fingerprint density at radius 2 is 1.80 bits per heavy atom. The number of Topliss-reactive ketones (excluding diaryl/α,β-unsaturated/α-hetero) is 1. The van der Waals surface area contributed by atoms with E-state index in [9.17, 15) is 19.8 Å². The molecule has 3 aliphatic rings. The van der Waals surface area contributed by atoms with Crippen LogP contribution in [0, 0.1) is 17.3 Å². The maximum Gasteiger partial charge on any atom is 0.165 e. The van der Waals surface area contributed by atoms with Crippen LogP contribution < -0.4 is 15.8 Å². The van der Waals surface area contributed by atoms with E-state index in [1.54, 1.807) is 30.5 Å². The summed E-state index contributed by atoms with van der Waals surface area (Å²) in [7, 11) is 0. The number of nitrogens with one attached hydrogen (secondary N) is 2. The molecule has 1 saturated carbocycles. The summed E-state index contributed by atoms with van der Waals surface area (Å²) in [6, 6.07) is 16.6. The molecule has 0 unspecified atom stereocenters. The lowest BCUT2D eigenvalue weighted by Gasteiger charge is -2.26. The van der Waals surface area contributed by atoms with E-state index in [-0.39, 0.29) is 47.7 Å². The molecule has 7 rings (SSSR count). The highest BCUT2D eigenvalue weighted by molar-refractivity contribution is 5.98. The fraction of sp³-hybridized carbons (Fsp3) is 0.362. The number of ether oxygens (including phenoxy) is 1. The van der Waals surface area contributed by atoms with E-state index in [0.29, 0.717) is 42.6 Å². The number of ketones is 2. The topological polar surface area (TPSA) is 138 Å². The number of H-pyrrole nitrogens is 1. The molecular weight excluding hydrogens is 687 g/mol. The molecule has 1 aliphatic heterocycles. The van der Waals surface area contributed by atoms with Gasteiger partial charge in [0.1, 0.15) is 11.9 Å². The van der Waals surface area contributed by atoms with Crippen LogP contribution in [0.1, 0.15) is 132 Å². The molecule has 1 fully saturated rings. The van der Waals surface area contributed by atoms with Crippen LogP contribution in [0.15, 0.2) is 79.1 Å². The molecule has 55 heavy (non-hydrogen) atoms. The van der Waals surface area contributed by atoms with Crippen molar-refractivity contribution < 1.29 is 24.5 Å². The second-order valence-corrected chi connectivity index (χ2v) is 15.3. The second kappa shape index (κ2) is 16.9. The molecule has 284 valence electrons. The van der Waals surface area contributed by atoms with Crippen molar-refractivity contribution in [2.45, 2.75) is 96.1 Å². The van der Waals surface area contributed by atoms with Gasteiger partial charge in [-0.2, -0.15) is 0 Å².